The summed E-state index contributed by atoms with van der Waals surface area (Å²) in [5, 5.41) is 7.57. The predicted molar refractivity (Wildman–Crippen MR) is 149 cm³/mol. The number of carbonyl (C=O) groups is 2. The number of piperidine rings is 1. The van der Waals surface area contributed by atoms with Crippen molar-refractivity contribution in [2.24, 2.45) is 5.84 Å². The second-order valence-electron chi connectivity index (χ2n) is 10.2. The number of hydrazine groups is 1. The molecule has 0 atom stereocenters. The Balaban J connectivity index is 1.97. The largest absolute Gasteiger partial charge is 0.444 e. The second kappa shape index (κ2) is 12.0. The van der Waals surface area contributed by atoms with Crippen LogP contribution in [-0.4, -0.2) is 40.7 Å². The Morgan fingerprint density at radius 1 is 1.22 bits per heavy atom. The van der Waals surface area contributed by atoms with E-state index < -0.39 is 11.7 Å². The van der Waals surface area contributed by atoms with Crippen LogP contribution in [0, 0.1) is 6.92 Å². The number of anilines is 1. The van der Waals surface area contributed by atoms with E-state index in [0.29, 0.717) is 16.9 Å². The normalized spacial score (nSPS) is 14.6. The molecule has 4 N–H and O–H groups in total. The molecule has 37 heavy (non-hydrogen) atoms. The molecule has 8 heteroatoms. The topological polar surface area (TPSA) is 110 Å². The number of pyridine rings is 1. The van der Waals surface area contributed by atoms with E-state index in [-0.39, 0.29) is 5.91 Å². The van der Waals surface area contributed by atoms with Gasteiger partial charge in [-0.2, -0.15) is 0 Å². The van der Waals surface area contributed by atoms with Gasteiger partial charge in [-0.05, 0) is 88.4 Å². The van der Waals surface area contributed by atoms with Crippen LogP contribution in [0.25, 0.3) is 23.3 Å². The fraction of sp³-hybridized carbons (Fsp3) is 0.345. The smallest absolute Gasteiger partial charge is 0.412 e. The van der Waals surface area contributed by atoms with E-state index in [1.54, 1.807) is 29.6 Å². The Morgan fingerprint density at radius 2 is 1.92 bits per heavy atom. The summed E-state index contributed by atoms with van der Waals surface area (Å²) in [5.41, 5.74) is 5.96. The number of benzene rings is 1. The summed E-state index contributed by atoms with van der Waals surface area (Å²) in [4.78, 5) is 29.6. The standard InChI is InChI=1S/C29H37N5O3/c1-7-24-22(14-20(3)32-27(35)15-21-9-12-34(30)13-10-21)16-23(25-18-31-11-8-19(25)2)17-26(24)33-28(36)37-29(4,5)6/h7-8,11,14-18H,1,9-10,12-13,30H2,2-6H3,(H,32,35)(H,33,36)/b20-14+. The fourth-order valence-electron chi connectivity index (χ4n) is 4.10. The molecule has 2 heterocycles. The van der Waals surface area contributed by atoms with Crippen molar-refractivity contribution in [3.05, 3.63) is 71.2 Å². The number of allylic oxidation sites excluding steroid dienone is 1. The zero-order valence-electron chi connectivity index (χ0n) is 22.4. The van der Waals surface area contributed by atoms with Crippen LogP contribution in [0.2, 0.25) is 0 Å². The molecule has 1 saturated heterocycles. The third-order valence-corrected chi connectivity index (χ3v) is 5.87. The summed E-state index contributed by atoms with van der Waals surface area (Å²) >= 11 is 0. The first kappa shape index (κ1) is 27.8. The van der Waals surface area contributed by atoms with Crippen molar-refractivity contribution in [3.63, 3.8) is 0 Å². The van der Waals surface area contributed by atoms with Crippen LogP contribution < -0.4 is 16.5 Å². The molecule has 1 aliphatic heterocycles. The molecule has 1 aromatic carbocycles. The maximum Gasteiger partial charge on any atom is 0.412 e. The lowest BCUT2D eigenvalue weighted by Gasteiger charge is -2.23. The maximum absolute atomic E-state index is 12.7. The number of amides is 2. The average Bonchev–Trinajstić information content (AvgIpc) is 2.79. The van der Waals surface area contributed by atoms with Gasteiger partial charge in [-0.25, -0.2) is 9.80 Å². The average molecular weight is 504 g/mol. The third-order valence-electron chi connectivity index (χ3n) is 5.87. The van der Waals surface area contributed by atoms with Crippen LogP contribution in [0.1, 0.15) is 57.2 Å². The van der Waals surface area contributed by atoms with Crippen LogP contribution in [0.4, 0.5) is 10.5 Å². The van der Waals surface area contributed by atoms with Crippen molar-refractivity contribution in [1.29, 1.82) is 0 Å². The summed E-state index contributed by atoms with van der Waals surface area (Å²) in [7, 11) is 0. The SMILES string of the molecule is C=Cc1c(/C=C(\C)NC(=O)C=C2CCN(N)CC2)cc(-c2cnccc2C)cc1NC(=O)OC(C)(C)C. The monoisotopic (exact) mass is 503 g/mol. The molecule has 0 saturated carbocycles. The number of hydrogen-bond donors (Lipinski definition) is 3. The van der Waals surface area contributed by atoms with Crippen molar-refractivity contribution in [2.75, 3.05) is 18.4 Å². The Morgan fingerprint density at radius 3 is 2.54 bits per heavy atom. The second-order valence-corrected chi connectivity index (χ2v) is 10.2. The lowest BCUT2D eigenvalue weighted by atomic mass is 9.95. The molecule has 2 aromatic rings. The number of nitrogens with one attached hydrogen (secondary N) is 2. The summed E-state index contributed by atoms with van der Waals surface area (Å²) in [6.45, 7) is 14.7. The van der Waals surface area contributed by atoms with Crippen molar-refractivity contribution >= 4 is 29.8 Å². The number of nitrogens with two attached hydrogens (primary N) is 1. The molecule has 0 bridgehead atoms. The number of rotatable bonds is 6. The maximum atomic E-state index is 12.7. The predicted octanol–water partition coefficient (Wildman–Crippen LogP) is 5.42. The Labute approximate surface area is 219 Å². The number of ether oxygens (including phenoxy) is 1. The van der Waals surface area contributed by atoms with E-state index in [1.165, 1.54) is 0 Å². The van der Waals surface area contributed by atoms with Gasteiger partial charge in [0.2, 0.25) is 5.91 Å². The minimum absolute atomic E-state index is 0.180. The van der Waals surface area contributed by atoms with Gasteiger partial charge in [-0.3, -0.25) is 20.9 Å². The molecule has 196 valence electrons. The zero-order valence-corrected chi connectivity index (χ0v) is 22.4. The number of aryl methyl sites for hydroxylation is 1. The molecule has 0 aliphatic carbocycles. The molecule has 1 aromatic heterocycles. The van der Waals surface area contributed by atoms with Gasteiger partial charge in [0.05, 0.1) is 5.69 Å². The van der Waals surface area contributed by atoms with Crippen molar-refractivity contribution in [2.45, 2.75) is 53.1 Å². The molecule has 0 spiro atoms. The van der Waals surface area contributed by atoms with Crippen LogP contribution in [0.3, 0.4) is 0 Å². The number of aromatic nitrogens is 1. The minimum atomic E-state index is -0.644. The highest BCUT2D eigenvalue weighted by atomic mass is 16.6. The highest BCUT2D eigenvalue weighted by Gasteiger charge is 2.19. The van der Waals surface area contributed by atoms with E-state index in [4.69, 9.17) is 10.6 Å². The van der Waals surface area contributed by atoms with Gasteiger partial charge < -0.3 is 10.1 Å². The van der Waals surface area contributed by atoms with Gasteiger partial charge in [-0.1, -0.05) is 18.2 Å². The van der Waals surface area contributed by atoms with Gasteiger partial charge in [0.25, 0.3) is 0 Å². The summed E-state index contributed by atoms with van der Waals surface area (Å²) in [6.07, 6.45) is 9.72. The van der Waals surface area contributed by atoms with Gasteiger partial charge in [-0.15, -0.1) is 0 Å². The quantitative estimate of drug-likeness (QED) is 0.359. The summed E-state index contributed by atoms with van der Waals surface area (Å²) in [5.74, 6) is 5.63. The molecule has 1 aliphatic rings. The summed E-state index contributed by atoms with van der Waals surface area (Å²) in [6, 6.07) is 5.80. The first-order valence-corrected chi connectivity index (χ1v) is 12.3. The highest BCUT2D eigenvalue weighted by molar-refractivity contribution is 5.93. The molecule has 0 unspecified atom stereocenters. The molecule has 1 fully saturated rings. The molecular weight excluding hydrogens is 466 g/mol. The van der Waals surface area contributed by atoms with Gasteiger partial charge in [0, 0.05) is 48.4 Å². The van der Waals surface area contributed by atoms with Crippen LogP contribution >= 0.6 is 0 Å². The number of carbonyl (C=O) groups excluding carboxylic acids is 2. The van der Waals surface area contributed by atoms with E-state index in [1.807, 2.05) is 58.9 Å². The van der Waals surface area contributed by atoms with Gasteiger partial charge in [0.1, 0.15) is 5.60 Å². The molecule has 3 rings (SSSR count). The van der Waals surface area contributed by atoms with Crippen molar-refractivity contribution in [3.8, 4) is 11.1 Å². The Kier molecular flexibility index (Phi) is 9.02. The van der Waals surface area contributed by atoms with Crippen molar-refractivity contribution in [1.82, 2.24) is 15.3 Å². The highest BCUT2D eigenvalue weighted by Crippen LogP contribution is 2.33. The van der Waals surface area contributed by atoms with Gasteiger partial charge >= 0.3 is 6.09 Å². The minimum Gasteiger partial charge on any atom is -0.444 e. The molecular formula is C29H37N5O3. The molecule has 8 nitrogen and oxygen atoms in total. The summed E-state index contributed by atoms with van der Waals surface area (Å²) < 4.78 is 5.48. The van der Waals surface area contributed by atoms with Crippen LogP contribution in [-0.2, 0) is 9.53 Å². The molecule has 0 radical (unpaired) electrons. The van der Waals surface area contributed by atoms with E-state index in [9.17, 15) is 9.59 Å². The fourth-order valence-corrected chi connectivity index (χ4v) is 4.10. The zero-order chi connectivity index (χ0) is 27.2. The van der Waals surface area contributed by atoms with E-state index in [2.05, 4.69) is 22.2 Å². The number of hydrogen-bond acceptors (Lipinski definition) is 6. The Hall–Kier alpha value is -3.75. The molecule has 2 amide bonds. The van der Waals surface area contributed by atoms with Crippen LogP contribution in [0.5, 0.6) is 0 Å². The van der Waals surface area contributed by atoms with E-state index >= 15 is 0 Å². The first-order chi connectivity index (χ1) is 17.4. The van der Waals surface area contributed by atoms with E-state index in [0.717, 1.165) is 53.8 Å². The van der Waals surface area contributed by atoms with Gasteiger partial charge in [0.15, 0.2) is 0 Å². The van der Waals surface area contributed by atoms with Crippen LogP contribution in [0.15, 0.2) is 54.5 Å². The Bertz CT molecular complexity index is 1230. The van der Waals surface area contributed by atoms with Crippen molar-refractivity contribution < 1.29 is 14.3 Å². The third kappa shape index (κ3) is 8.13. The lowest BCUT2D eigenvalue weighted by Crippen LogP contribution is -2.36. The number of nitrogens with zero attached hydrogens (tertiary/aromatic N) is 2. The lowest BCUT2D eigenvalue weighted by molar-refractivity contribution is -0.115. The first-order valence-electron chi connectivity index (χ1n) is 12.3.